The van der Waals surface area contributed by atoms with Gasteiger partial charge in [-0.1, -0.05) is 48.5 Å². The van der Waals surface area contributed by atoms with Gasteiger partial charge in [0.25, 0.3) is 5.91 Å². The van der Waals surface area contributed by atoms with Crippen LogP contribution in [0.1, 0.15) is 34.3 Å². The number of methoxy groups -OCH3 is 1. The summed E-state index contributed by atoms with van der Waals surface area (Å²) in [5, 5.41) is 2.68. The number of carbonyl (C=O) groups excluding carboxylic acids is 3. The second-order valence-electron chi connectivity index (χ2n) is 7.48. The normalized spacial score (nSPS) is 19.1. The number of hydrogen-bond donors (Lipinski definition) is 1. The first-order valence-corrected chi connectivity index (χ1v) is 10.5. The first-order valence-electron chi connectivity index (χ1n) is 10.5. The molecular weight excluding hydrogens is 422 g/mol. The van der Waals surface area contributed by atoms with Gasteiger partial charge in [0, 0.05) is 11.1 Å². The number of para-hydroxylation sites is 1. The topological polar surface area (TPSA) is 90.9 Å². The summed E-state index contributed by atoms with van der Waals surface area (Å²) >= 11 is 0. The molecular formula is C26H23NO6. The number of nitrogens with one attached hydrogen (secondary N) is 1. The Morgan fingerprint density at radius 3 is 2.30 bits per heavy atom. The van der Waals surface area contributed by atoms with Crippen LogP contribution in [0.25, 0.3) is 0 Å². The van der Waals surface area contributed by atoms with Crippen LogP contribution >= 0.6 is 0 Å². The van der Waals surface area contributed by atoms with Gasteiger partial charge in [-0.05, 0) is 42.8 Å². The molecule has 0 aromatic heterocycles. The second-order valence-corrected chi connectivity index (χ2v) is 7.48. The Labute approximate surface area is 191 Å². The van der Waals surface area contributed by atoms with Gasteiger partial charge in [-0.15, -0.1) is 0 Å². The molecule has 0 fully saturated rings. The number of esters is 2. The van der Waals surface area contributed by atoms with Crippen LogP contribution in [0.2, 0.25) is 0 Å². The van der Waals surface area contributed by atoms with Crippen molar-refractivity contribution in [1.29, 1.82) is 0 Å². The van der Waals surface area contributed by atoms with Crippen LogP contribution < -0.4 is 14.8 Å². The lowest BCUT2D eigenvalue weighted by atomic mass is 9.72. The van der Waals surface area contributed by atoms with Gasteiger partial charge in [-0.25, -0.2) is 9.59 Å². The Morgan fingerprint density at radius 2 is 1.64 bits per heavy atom. The molecule has 4 rings (SSSR count). The van der Waals surface area contributed by atoms with Crippen LogP contribution in [-0.4, -0.2) is 37.1 Å². The Balaban J connectivity index is 1.88. The summed E-state index contributed by atoms with van der Waals surface area (Å²) < 4.78 is 16.0. The molecule has 3 aromatic carbocycles. The molecule has 0 bridgehead atoms. The molecule has 1 aliphatic heterocycles. The minimum Gasteiger partial charge on any atom is -0.497 e. The average molecular weight is 445 g/mol. The number of hydrogen-bond acceptors (Lipinski definition) is 6. The molecule has 0 saturated carbocycles. The highest BCUT2D eigenvalue weighted by molar-refractivity contribution is 6.13. The second kappa shape index (κ2) is 9.16. The molecule has 1 heterocycles. The van der Waals surface area contributed by atoms with Gasteiger partial charge < -0.3 is 19.5 Å². The van der Waals surface area contributed by atoms with Gasteiger partial charge in [-0.3, -0.25) is 4.79 Å². The SMILES string of the molecule is CCOC(=O)[C@@]1(NC(=O)c2ccc(OC)cc2)C(=O)Oc2ccccc2[C@H]1c1ccccc1. The van der Waals surface area contributed by atoms with Crippen LogP contribution in [0.4, 0.5) is 0 Å². The van der Waals surface area contributed by atoms with E-state index in [4.69, 9.17) is 14.2 Å². The highest BCUT2D eigenvalue weighted by Gasteiger charge is 2.60. The number of amides is 1. The van der Waals surface area contributed by atoms with E-state index in [1.807, 2.05) is 6.07 Å². The summed E-state index contributed by atoms with van der Waals surface area (Å²) in [6.07, 6.45) is 0. The molecule has 168 valence electrons. The van der Waals surface area contributed by atoms with Crippen molar-refractivity contribution in [3.63, 3.8) is 0 Å². The summed E-state index contributed by atoms with van der Waals surface area (Å²) in [6, 6.07) is 22.3. The Morgan fingerprint density at radius 1 is 0.970 bits per heavy atom. The molecule has 0 spiro atoms. The number of ether oxygens (including phenoxy) is 3. The van der Waals surface area contributed by atoms with E-state index >= 15 is 0 Å². The minimum absolute atomic E-state index is 0.0232. The van der Waals surface area contributed by atoms with Crippen LogP contribution in [0.15, 0.2) is 78.9 Å². The monoisotopic (exact) mass is 445 g/mol. The molecule has 1 aliphatic rings. The van der Waals surface area contributed by atoms with E-state index in [2.05, 4.69) is 5.32 Å². The van der Waals surface area contributed by atoms with Gasteiger partial charge in [0.1, 0.15) is 11.5 Å². The fourth-order valence-electron chi connectivity index (χ4n) is 4.03. The van der Waals surface area contributed by atoms with E-state index < -0.39 is 29.3 Å². The number of rotatable bonds is 6. The number of benzene rings is 3. The molecule has 2 atom stereocenters. The fraction of sp³-hybridized carbons (Fsp3) is 0.192. The van der Waals surface area contributed by atoms with Crippen molar-refractivity contribution in [3.05, 3.63) is 95.6 Å². The standard InChI is InChI=1S/C26H23NO6/c1-3-32-24(29)26(27-23(28)18-13-15-19(31-2)16-14-18)22(17-9-5-4-6-10-17)20-11-7-8-12-21(20)33-25(26)30/h4-16,22H,3H2,1-2H3,(H,27,28)/t22-,26-/m1/s1. The zero-order valence-electron chi connectivity index (χ0n) is 18.2. The van der Waals surface area contributed by atoms with Crippen molar-refractivity contribution >= 4 is 17.8 Å². The van der Waals surface area contributed by atoms with E-state index in [9.17, 15) is 14.4 Å². The summed E-state index contributed by atoms with van der Waals surface area (Å²) in [5.41, 5.74) is -0.628. The third-order valence-electron chi connectivity index (χ3n) is 5.58. The fourth-order valence-corrected chi connectivity index (χ4v) is 4.03. The van der Waals surface area contributed by atoms with Crippen LogP contribution in [-0.2, 0) is 14.3 Å². The van der Waals surface area contributed by atoms with Crippen molar-refractivity contribution in [3.8, 4) is 11.5 Å². The Bertz CT molecular complexity index is 1170. The van der Waals surface area contributed by atoms with E-state index in [1.165, 1.54) is 7.11 Å². The van der Waals surface area contributed by atoms with Crippen LogP contribution in [0.3, 0.4) is 0 Å². The quantitative estimate of drug-likeness (QED) is 0.355. The van der Waals surface area contributed by atoms with Crippen molar-refractivity contribution in [2.24, 2.45) is 0 Å². The lowest BCUT2D eigenvalue weighted by molar-refractivity contribution is -0.163. The summed E-state index contributed by atoms with van der Waals surface area (Å²) in [4.78, 5) is 40.2. The summed E-state index contributed by atoms with van der Waals surface area (Å²) in [5.74, 6) is -2.38. The first kappa shape index (κ1) is 22.1. The Hall–Kier alpha value is -4.13. The molecule has 7 nitrogen and oxygen atoms in total. The molecule has 0 saturated heterocycles. The summed E-state index contributed by atoms with van der Waals surface area (Å²) in [7, 11) is 1.52. The van der Waals surface area contributed by atoms with Gasteiger partial charge in [0.15, 0.2) is 0 Å². The molecule has 33 heavy (non-hydrogen) atoms. The lowest BCUT2D eigenvalue weighted by Crippen LogP contribution is -2.67. The van der Waals surface area contributed by atoms with Gasteiger partial charge >= 0.3 is 11.9 Å². The zero-order valence-corrected chi connectivity index (χ0v) is 18.2. The van der Waals surface area contributed by atoms with E-state index in [0.717, 1.165) is 0 Å². The maximum atomic E-state index is 13.5. The van der Waals surface area contributed by atoms with E-state index in [-0.39, 0.29) is 12.2 Å². The van der Waals surface area contributed by atoms with E-state index in [1.54, 1.807) is 79.7 Å². The van der Waals surface area contributed by atoms with Gasteiger partial charge in [0.2, 0.25) is 5.54 Å². The van der Waals surface area contributed by atoms with Crippen molar-refractivity contribution in [2.75, 3.05) is 13.7 Å². The maximum absolute atomic E-state index is 13.5. The molecule has 0 radical (unpaired) electrons. The molecule has 7 heteroatoms. The van der Waals surface area contributed by atoms with Crippen molar-refractivity contribution in [2.45, 2.75) is 18.4 Å². The van der Waals surface area contributed by atoms with E-state index in [0.29, 0.717) is 22.6 Å². The smallest absolute Gasteiger partial charge is 0.350 e. The molecule has 0 aliphatic carbocycles. The highest BCUT2D eigenvalue weighted by Crippen LogP contribution is 2.45. The van der Waals surface area contributed by atoms with Crippen molar-refractivity contribution in [1.82, 2.24) is 5.32 Å². The predicted octanol–water partition coefficient (Wildman–Crippen LogP) is 3.48. The van der Waals surface area contributed by atoms with Gasteiger partial charge in [-0.2, -0.15) is 0 Å². The third-order valence-corrected chi connectivity index (χ3v) is 5.58. The predicted molar refractivity (Wildman–Crippen MR) is 120 cm³/mol. The molecule has 1 N–H and O–H groups in total. The first-order chi connectivity index (χ1) is 16.0. The van der Waals surface area contributed by atoms with Gasteiger partial charge in [0.05, 0.1) is 19.6 Å². The van der Waals surface area contributed by atoms with Crippen LogP contribution in [0.5, 0.6) is 11.5 Å². The zero-order chi connectivity index (χ0) is 23.4. The number of fused-ring (bicyclic) bond motifs is 1. The highest BCUT2D eigenvalue weighted by atomic mass is 16.6. The third kappa shape index (κ3) is 3.93. The van der Waals surface area contributed by atoms with Crippen LogP contribution in [0, 0.1) is 0 Å². The summed E-state index contributed by atoms with van der Waals surface area (Å²) in [6.45, 7) is 1.66. The maximum Gasteiger partial charge on any atom is 0.350 e. The largest absolute Gasteiger partial charge is 0.497 e. The lowest BCUT2D eigenvalue weighted by Gasteiger charge is -2.41. The van der Waals surface area contributed by atoms with Crippen molar-refractivity contribution < 1.29 is 28.6 Å². The Kier molecular flexibility index (Phi) is 6.13. The molecule has 1 amide bonds. The molecule has 3 aromatic rings. The molecule has 0 unspecified atom stereocenters. The minimum atomic E-state index is -2.12. The number of carbonyl (C=O) groups is 3. The average Bonchev–Trinajstić information content (AvgIpc) is 2.85.